The maximum Gasteiger partial charge on any atom is 0.288 e. The molecule has 0 saturated carbocycles. The number of nitrogens with one attached hydrogen (secondary N) is 1. The number of aromatic nitrogens is 1. The lowest BCUT2D eigenvalue weighted by molar-refractivity contribution is -0.575. The van der Waals surface area contributed by atoms with Crippen LogP contribution in [0.3, 0.4) is 0 Å². The summed E-state index contributed by atoms with van der Waals surface area (Å²) < 4.78 is 1.77. The van der Waals surface area contributed by atoms with E-state index in [1.165, 1.54) is 5.56 Å². The summed E-state index contributed by atoms with van der Waals surface area (Å²) >= 11 is 11.9. The Balaban J connectivity index is 2.03. The molecule has 136 valence electrons. The van der Waals surface area contributed by atoms with Crippen molar-refractivity contribution in [1.82, 2.24) is 0 Å². The molecule has 0 aliphatic carbocycles. The number of halogens is 1. The van der Waals surface area contributed by atoms with Crippen LogP contribution in [0, 0.1) is 0 Å². The summed E-state index contributed by atoms with van der Waals surface area (Å²) in [7, 11) is 0. The fourth-order valence-electron chi connectivity index (χ4n) is 2.69. The van der Waals surface area contributed by atoms with Crippen molar-refractivity contribution < 1.29 is 9.67 Å². The number of rotatable bonds is 5. The van der Waals surface area contributed by atoms with Crippen LogP contribution < -0.4 is 9.88 Å². The lowest BCUT2D eigenvalue weighted by atomic mass is 10.1. The number of pyridine rings is 1. The number of aryl methyl sites for hydroxylation is 1. The Bertz CT molecular complexity index is 969. The highest BCUT2D eigenvalue weighted by Gasteiger charge is 2.24. The molecule has 3 aromatic rings. The first-order valence-corrected chi connectivity index (χ1v) is 9.44. The van der Waals surface area contributed by atoms with Gasteiger partial charge in [0, 0.05) is 23.4 Å². The number of thiocarbonyl (C=S) groups is 1. The zero-order valence-corrected chi connectivity index (χ0v) is 16.5. The van der Waals surface area contributed by atoms with Crippen LogP contribution in [-0.4, -0.2) is 10.1 Å². The van der Waals surface area contributed by atoms with Gasteiger partial charge in [-0.1, -0.05) is 61.1 Å². The molecule has 1 aromatic heterocycles. The Hall–Kier alpha value is -2.69. The number of benzene rings is 2. The lowest BCUT2D eigenvalue weighted by Gasteiger charge is -2.11. The third kappa shape index (κ3) is 4.54. The van der Waals surface area contributed by atoms with E-state index < -0.39 is 0 Å². The zero-order chi connectivity index (χ0) is 19.2. The smallest absolute Gasteiger partial charge is 0.288 e. The van der Waals surface area contributed by atoms with Gasteiger partial charge in [-0.3, -0.25) is 0 Å². The van der Waals surface area contributed by atoms with Crippen LogP contribution in [0.2, 0.25) is 5.02 Å². The van der Waals surface area contributed by atoms with Crippen molar-refractivity contribution in [3.05, 3.63) is 95.3 Å². The normalized spacial score (nSPS) is 11.6. The number of anilines is 1. The first-order valence-electron chi connectivity index (χ1n) is 8.65. The number of nitrogens with zero attached hydrogens (tertiary/aromatic N) is 1. The number of hydrogen-bond donors (Lipinski definition) is 2. The Labute approximate surface area is 169 Å². The molecule has 5 heteroatoms. The molecular formula is C22H20ClN2OS+. The molecule has 0 amide bonds. The quantitative estimate of drug-likeness (QED) is 0.258. The van der Waals surface area contributed by atoms with E-state index in [2.05, 4.69) is 24.4 Å². The van der Waals surface area contributed by atoms with Crippen molar-refractivity contribution >= 4 is 46.0 Å². The second-order valence-electron chi connectivity index (χ2n) is 5.96. The minimum absolute atomic E-state index is 0.0134. The lowest BCUT2D eigenvalue weighted by Crippen LogP contribution is -2.38. The predicted octanol–water partition coefficient (Wildman–Crippen LogP) is 5.51. The second-order valence-corrected chi connectivity index (χ2v) is 6.78. The molecule has 3 nitrogen and oxygen atoms in total. The van der Waals surface area contributed by atoms with Crippen LogP contribution in [0.1, 0.15) is 18.1 Å². The summed E-state index contributed by atoms with van der Waals surface area (Å²) in [5.74, 6) is 0.0134. The zero-order valence-electron chi connectivity index (χ0n) is 14.9. The van der Waals surface area contributed by atoms with E-state index >= 15 is 0 Å². The van der Waals surface area contributed by atoms with E-state index in [-0.39, 0.29) is 5.76 Å². The molecule has 2 aromatic carbocycles. The maximum absolute atomic E-state index is 11.0. The Morgan fingerprint density at radius 3 is 2.30 bits per heavy atom. The van der Waals surface area contributed by atoms with Crippen molar-refractivity contribution in [2.24, 2.45) is 0 Å². The topological polar surface area (TPSA) is 36.1 Å². The molecule has 3 rings (SSSR count). The van der Waals surface area contributed by atoms with Gasteiger partial charge < -0.3 is 10.4 Å². The fourth-order valence-corrected chi connectivity index (χ4v) is 3.23. The van der Waals surface area contributed by atoms with Crippen molar-refractivity contribution in [2.75, 3.05) is 5.32 Å². The average Bonchev–Trinajstić information content (AvgIpc) is 2.70. The monoisotopic (exact) mass is 395 g/mol. The maximum atomic E-state index is 11.0. The largest absolute Gasteiger partial charge is 0.502 e. The summed E-state index contributed by atoms with van der Waals surface area (Å²) in [5, 5.41) is 14.7. The SMILES string of the molecule is CCc1ccc(NC(=S)/C(=C(\O)c2ccccc2Cl)[n+]2ccccc2)cc1. The highest BCUT2D eigenvalue weighted by molar-refractivity contribution is 7.81. The molecule has 0 saturated heterocycles. The third-order valence-corrected chi connectivity index (χ3v) is 4.79. The van der Waals surface area contributed by atoms with E-state index in [4.69, 9.17) is 23.8 Å². The summed E-state index contributed by atoms with van der Waals surface area (Å²) in [6.45, 7) is 2.11. The number of aliphatic hydroxyl groups excluding tert-OH is 1. The molecule has 27 heavy (non-hydrogen) atoms. The molecule has 0 aliphatic rings. The molecule has 2 N–H and O–H groups in total. The molecule has 1 heterocycles. The molecule has 0 bridgehead atoms. The first-order chi connectivity index (χ1) is 13.1. The minimum Gasteiger partial charge on any atom is -0.502 e. The fraction of sp³-hybridized carbons (Fsp3) is 0.0909. The van der Waals surface area contributed by atoms with Gasteiger partial charge in [0.25, 0.3) is 5.70 Å². The molecule has 0 atom stereocenters. The molecule has 0 radical (unpaired) electrons. The molecule has 0 unspecified atom stereocenters. The Morgan fingerprint density at radius 1 is 1.00 bits per heavy atom. The Morgan fingerprint density at radius 2 is 1.67 bits per heavy atom. The van der Waals surface area contributed by atoms with Crippen LogP contribution in [-0.2, 0) is 6.42 Å². The van der Waals surface area contributed by atoms with Gasteiger partial charge >= 0.3 is 0 Å². The summed E-state index contributed by atoms with van der Waals surface area (Å²) in [6, 6.07) is 20.9. The highest BCUT2D eigenvalue weighted by atomic mass is 35.5. The van der Waals surface area contributed by atoms with Gasteiger partial charge in [-0.05, 0) is 36.2 Å². The van der Waals surface area contributed by atoms with Gasteiger partial charge in [-0.25, -0.2) is 0 Å². The van der Waals surface area contributed by atoms with E-state index in [9.17, 15) is 5.11 Å². The van der Waals surface area contributed by atoms with Gasteiger partial charge in [0.15, 0.2) is 17.4 Å². The first kappa shape index (κ1) is 19.1. The third-order valence-electron chi connectivity index (χ3n) is 4.16. The van der Waals surface area contributed by atoms with Crippen LogP contribution in [0.5, 0.6) is 0 Å². The summed E-state index contributed by atoms with van der Waals surface area (Å²) in [4.78, 5) is 0.396. The van der Waals surface area contributed by atoms with Gasteiger partial charge in [0.1, 0.15) is 0 Å². The van der Waals surface area contributed by atoms with E-state index in [0.29, 0.717) is 21.3 Å². The second kappa shape index (κ2) is 8.80. The van der Waals surface area contributed by atoms with Gasteiger partial charge in [-0.2, -0.15) is 4.57 Å². The van der Waals surface area contributed by atoms with E-state index in [0.717, 1.165) is 12.1 Å². The molecular weight excluding hydrogens is 376 g/mol. The molecule has 0 fully saturated rings. The van der Waals surface area contributed by atoms with Crippen LogP contribution in [0.25, 0.3) is 11.5 Å². The Kier molecular flexibility index (Phi) is 6.22. The molecule has 0 aliphatic heterocycles. The van der Waals surface area contributed by atoms with Crippen molar-refractivity contribution in [3.8, 4) is 0 Å². The average molecular weight is 396 g/mol. The highest BCUT2D eigenvalue weighted by Crippen LogP contribution is 2.25. The van der Waals surface area contributed by atoms with Crippen molar-refractivity contribution in [1.29, 1.82) is 0 Å². The van der Waals surface area contributed by atoms with Gasteiger partial charge in [0.2, 0.25) is 5.76 Å². The van der Waals surface area contributed by atoms with Gasteiger partial charge in [0.05, 0.1) is 5.02 Å². The van der Waals surface area contributed by atoms with E-state index in [1.54, 1.807) is 16.7 Å². The number of hydrogen-bond acceptors (Lipinski definition) is 2. The minimum atomic E-state index is 0.0134. The van der Waals surface area contributed by atoms with Crippen LogP contribution in [0.4, 0.5) is 5.69 Å². The predicted molar refractivity (Wildman–Crippen MR) is 116 cm³/mol. The standard InChI is InChI=1S/C22H19ClN2OS/c1-2-16-10-12-17(13-11-16)24-22(27)20(25-14-6-3-7-15-25)21(26)18-8-4-5-9-19(18)23/h3-15H,2H2,1H3,(H-,24,26,27)/p+1. The van der Waals surface area contributed by atoms with E-state index in [1.807, 2.05) is 54.9 Å². The summed E-state index contributed by atoms with van der Waals surface area (Å²) in [6.07, 6.45) is 4.64. The van der Waals surface area contributed by atoms with Crippen molar-refractivity contribution in [3.63, 3.8) is 0 Å². The van der Waals surface area contributed by atoms with Crippen molar-refractivity contribution in [2.45, 2.75) is 13.3 Å². The van der Waals surface area contributed by atoms with Gasteiger partial charge in [-0.15, -0.1) is 0 Å². The van der Waals surface area contributed by atoms with Crippen LogP contribution in [0.15, 0.2) is 79.1 Å². The summed E-state index contributed by atoms with van der Waals surface area (Å²) in [5.41, 5.74) is 3.09. The van der Waals surface area contributed by atoms with Crippen LogP contribution >= 0.6 is 23.8 Å². The molecule has 0 spiro atoms. The number of aliphatic hydroxyl groups is 1.